The van der Waals surface area contributed by atoms with Crippen molar-refractivity contribution in [2.45, 2.75) is 38.6 Å². The molecule has 1 aromatic rings. The first kappa shape index (κ1) is 12.0. The Kier molecular flexibility index (Phi) is 3.36. The van der Waals surface area contributed by atoms with Crippen LogP contribution in [0, 0.1) is 5.92 Å². The van der Waals surface area contributed by atoms with Crippen molar-refractivity contribution < 1.29 is 9.53 Å². The van der Waals surface area contributed by atoms with E-state index in [-0.39, 0.29) is 5.69 Å². The fourth-order valence-corrected chi connectivity index (χ4v) is 2.60. The molecule has 1 aliphatic rings. The van der Waals surface area contributed by atoms with Crippen molar-refractivity contribution in [2.75, 3.05) is 12.8 Å². The van der Waals surface area contributed by atoms with Gasteiger partial charge >= 0.3 is 5.97 Å². The second-order valence-electron chi connectivity index (χ2n) is 4.71. The summed E-state index contributed by atoms with van der Waals surface area (Å²) in [5, 5.41) is 0. The van der Waals surface area contributed by atoms with Gasteiger partial charge in [0.2, 0.25) is 0 Å². The number of methoxy groups -OCH3 is 1. The van der Waals surface area contributed by atoms with Gasteiger partial charge in [-0.15, -0.1) is 0 Å². The van der Waals surface area contributed by atoms with Crippen molar-refractivity contribution >= 4 is 11.8 Å². The Morgan fingerprint density at radius 2 is 2.24 bits per heavy atom. The lowest BCUT2D eigenvalue weighted by atomic mass is 9.86. The number of hydrogen-bond donors (Lipinski definition) is 1. The van der Waals surface area contributed by atoms with Gasteiger partial charge in [0.15, 0.2) is 5.69 Å². The number of hydrogen-bond acceptors (Lipinski definition) is 4. The fourth-order valence-electron chi connectivity index (χ4n) is 2.60. The lowest BCUT2D eigenvalue weighted by molar-refractivity contribution is 0.0596. The molecule has 0 spiro atoms. The molecule has 0 saturated heterocycles. The third-order valence-electron chi connectivity index (χ3n) is 3.63. The maximum atomic E-state index is 11.4. The molecule has 2 rings (SSSR count). The number of rotatable bonds is 2. The van der Waals surface area contributed by atoms with E-state index in [9.17, 15) is 4.79 Å². The van der Waals surface area contributed by atoms with Gasteiger partial charge in [0, 0.05) is 6.04 Å². The lowest BCUT2D eigenvalue weighted by Gasteiger charge is -2.30. The summed E-state index contributed by atoms with van der Waals surface area (Å²) in [7, 11) is 1.34. The number of esters is 1. The molecule has 0 bridgehead atoms. The number of nitrogen functional groups attached to an aromatic ring is 1. The smallest absolute Gasteiger partial charge is 0.360 e. The van der Waals surface area contributed by atoms with Gasteiger partial charge in [-0.25, -0.2) is 9.78 Å². The number of nitrogens with zero attached hydrogens (tertiary/aromatic N) is 2. The van der Waals surface area contributed by atoms with Crippen LogP contribution in [0.4, 0.5) is 5.82 Å². The molecule has 5 nitrogen and oxygen atoms in total. The van der Waals surface area contributed by atoms with Crippen LogP contribution in [0.2, 0.25) is 0 Å². The van der Waals surface area contributed by atoms with Crippen LogP contribution in [0.1, 0.15) is 49.1 Å². The first-order chi connectivity index (χ1) is 8.15. The quantitative estimate of drug-likeness (QED) is 0.799. The van der Waals surface area contributed by atoms with E-state index in [0.717, 1.165) is 6.42 Å². The van der Waals surface area contributed by atoms with E-state index in [1.165, 1.54) is 26.4 Å². The van der Waals surface area contributed by atoms with E-state index in [1.54, 1.807) is 6.33 Å². The minimum atomic E-state index is -0.468. The van der Waals surface area contributed by atoms with Gasteiger partial charge in [-0.05, 0) is 18.8 Å². The standard InChI is InChI=1S/C12H19N3O2/c1-8-5-3-4-6-9(8)15-7-14-10(11(15)13)12(16)17-2/h7-9H,3-6,13H2,1-2H3. The number of anilines is 1. The molecule has 1 saturated carbocycles. The highest BCUT2D eigenvalue weighted by atomic mass is 16.5. The van der Waals surface area contributed by atoms with Crippen LogP contribution in [0.5, 0.6) is 0 Å². The summed E-state index contributed by atoms with van der Waals surface area (Å²) in [5.41, 5.74) is 6.20. The summed E-state index contributed by atoms with van der Waals surface area (Å²) in [6.45, 7) is 2.22. The van der Waals surface area contributed by atoms with Gasteiger partial charge in [0.05, 0.1) is 13.4 Å². The van der Waals surface area contributed by atoms with Crippen molar-refractivity contribution in [2.24, 2.45) is 5.92 Å². The first-order valence-corrected chi connectivity index (χ1v) is 6.05. The Bertz CT molecular complexity index is 414. The lowest BCUT2D eigenvalue weighted by Crippen LogP contribution is -2.22. The highest BCUT2D eigenvalue weighted by Crippen LogP contribution is 2.35. The first-order valence-electron chi connectivity index (χ1n) is 6.05. The summed E-state index contributed by atoms with van der Waals surface area (Å²) in [4.78, 5) is 15.5. The van der Waals surface area contributed by atoms with E-state index >= 15 is 0 Å². The van der Waals surface area contributed by atoms with Gasteiger partial charge in [0.1, 0.15) is 5.82 Å². The zero-order valence-corrected chi connectivity index (χ0v) is 10.3. The van der Waals surface area contributed by atoms with E-state index in [0.29, 0.717) is 17.8 Å². The average Bonchev–Trinajstić information content (AvgIpc) is 2.71. The van der Waals surface area contributed by atoms with Gasteiger partial charge in [-0.3, -0.25) is 0 Å². The molecular formula is C12H19N3O2. The summed E-state index contributed by atoms with van der Waals surface area (Å²) in [5.74, 6) is 0.533. The van der Waals surface area contributed by atoms with Gasteiger partial charge in [0.25, 0.3) is 0 Å². The Labute approximate surface area is 101 Å². The topological polar surface area (TPSA) is 70.1 Å². The normalized spacial score (nSPS) is 24.6. The van der Waals surface area contributed by atoms with Crippen LogP contribution < -0.4 is 5.73 Å². The minimum Gasteiger partial charge on any atom is -0.464 e. The number of carbonyl (C=O) groups is 1. The van der Waals surface area contributed by atoms with Crippen LogP contribution in [0.15, 0.2) is 6.33 Å². The van der Waals surface area contributed by atoms with E-state index in [4.69, 9.17) is 5.73 Å². The van der Waals surface area contributed by atoms with Crippen LogP contribution in [0.3, 0.4) is 0 Å². The molecule has 0 aliphatic heterocycles. The van der Waals surface area contributed by atoms with Crippen LogP contribution in [-0.4, -0.2) is 22.6 Å². The summed E-state index contributed by atoms with van der Waals surface area (Å²) < 4.78 is 6.58. The predicted octanol–water partition coefficient (Wildman–Crippen LogP) is 2.00. The molecule has 2 unspecified atom stereocenters. The molecule has 1 heterocycles. The van der Waals surface area contributed by atoms with E-state index < -0.39 is 5.97 Å². The molecule has 2 N–H and O–H groups in total. The maximum absolute atomic E-state index is 11.4. The molecule has 94 valence electrons. The Morgan fingerprint density at radius 1 is 1.53 bits per heavy atom. The Morgan fingerprint density at radius 3 is 2.88 bits per heavy atom. The Balaban J connectivity index is 2.27. The molecule has 17 heavy (non-hydrogen) atoms. The van der Waals surface area contributed by atoms with Gasteiger partial charge in [-0.1, -0.05) is 19.8 Å². The van der Waals surface area contributed by atoms with Crippen molar-refractivity contribution in [1.29, 1.82) is 0 Å². The number of aromatic nitrogens is 2. The van der Waals surface area contributed by atoms with Crippen molar-refractivity contribution in [1.82, 2.24) is 9.55 Å². The van der Waals surface area contributed by atoms with Crippen molar-refractivity contribution in [3.05, 3.63) is 12.0 Å². The number of carbonyl (C=O) groups excluding carboxylic acids is 1. The zero-order chi connectivity index (χ0) is 12.4. The third-order valence-corrected chi connectivity index (χ3v) is 3.63. The molecule has 1 fully saturated rings. The average molecular weight is 237 g/mol. The highest BCUT2D eigenvalue weighted by molar-refractivity contribution is 5.92. The highest BCUT2D eigenvalue weighted by Gasteiger charge is 2.26. The maximum Gasteiger partial charge on any atom is 0.360 e. The van der Waals surface area contributed by atoms with E-state index in [1.807, 2.05) is 4.57 Å². The van der Waals surface area contributed by atoms with Crippen molar-refractivity contribution in [3.63, 3.8) is 0 Å². The monoisotopic (exact) mass is 237 g/mol. The van der Waals surface area contributed by atoms with Gasteiger partial charge in [-0.2, -0.15) is 0 Å². The van der Waals surface area contributed by atoms with Crippen molar-refractivity contribution in [3.8, 4) is 0 Å². The zero-order valence-electron chi connectivity index (χ0n) is 10.3. The predicted molar refractivity (Wildman–Crippen MR) is 64.6 cm³/mol. The minimum absolute atomic E-state index is 0.227. The van der Waals surface area contributed by atoms with Gasteiger partial charge < -0.3 is 15.0 Å². The molecule has 5 heteroatoms. The van der Waals surface area contributed by atoms with Crippen LogP contribution >= 0.6 is 0 Å². The Hall–Kier alpha value is -1.52. The molecule has 1 aliphatic carbocycles. The van der Waals surface area contributed by atoms with Crippen LogP contribution in [0.25, 0.3) is 0 Å². The second-order valence-corrected chi connectivity index (χ2v) is 4.71. The SMILES string of the molecule is COC(=O)c1ncn(C2CCCCC2C)c1N. The largest absolute Gasteiger partial charge is 0.464 e. The molecule has 2 atom stereocenters. The number of ether oxygens (including phenoxy) is 1. The second kappa shape index (κ2) is 4.77. The fraction of sp³-hybridized carbons (Fsp3) is 0.667. The van der Waals surface area contributed by atoms with Crippen LogP contribution in [-0.2, 0) is 4.74 Å². The molecular weight excluding hydrogens is 218 g/mol. The molecule has 0 amide bonds. The molecule has 1 aromatic heterocycles. The third kappa shape index (κ3) is 2.14. The summed E-state index contributed by atoms with van der Waals surface area (Å²) >= 11 is 0. The summed E-state index contributed by atoms with van der Waals surface area (Å²) in [6, 6.07) is 0.356. The molecule has 0 aromatic carbocycles. The molecule has 0 radical (unpaired) electrons. The number of nitrogens with two attached hydrogens (primary N) is 1. The van der Waals surface area contributed by atoms with E-state index in [2.05, 4.69) is 16.6 Å². The summed E-state index contributed by atoms with van der Waals surface area (Å²) in [6.07, 6.45) is 6.45. The number of imidazole rings is 1.